The van der Waals surface area contributed by atoms with Gasteiger partial charge in [0.1, 0.15) is 5.75 Å². The van der Waals surface area contributed by atoms with E-state index in [1.807, 2.05) is 11.8 Å². The number of aliphatic imine (C=N–C) groups is 1. The summed E-state index contributed by atoms with van der Waals surface area (Å²) in [5.74, 6) is 1.05. The van der Waals surface area contributed by atoms with Gasteiger partial charge in [-0.15, -0.1) is 24.0 Å². The maximum atomic E-state index is 12.2. The predicted octanol–water partition coefficient (Wildman–Crippen LogP) is 1.36. The number of nitrogens with zero attached hydrogens (tertiary/aromatic N) is 2. The molecule has 2 N–H and O–H groups in total. The highest BCUT2D eigenvalue weighted by Gasteiger charge is 2.36. The van der Waals surface area contributed by atoms with Gasteiger partial charge in [0.2, 0.25) is 0 Å². The Labute approximate surface area is 183 Å². The molecule has 0 spiro atoms. The normalized spacial score (nSPS) is 18.9. The number of nitrogens with one attached hydrogen (secondary N) is 2. The van der Waals surface area contributed by atoms with Gasteiger partial charge >= 0.3 is 5.97 Å². The number of amides is 1. The fraction of sp³-hybridized carbons (Fsp3) is 0.526. The summed E-state index contributed by atoms with van der Waals surface area (Å²) in [5.41, 5.74) is 0.549. The fourth-order valence-corrected chi connectivity index (χ4v) is 3.15. The lowest BCUT2D eigenvalue weighted by Crippen LogP contribution is -2.43. The Morgan fingerprint density at radius 3 is 2.57 bits per heavy atom. The summed E-state index contributed by atoms with van der Waals surface area (Å²) in [6, 6.07) is 7.00. The standard InChI is InChI=1S/C19H28N4O4.HI/c1-13-11-23(12-16(13)18(25)27-4)19(20-2)22-9-8-21-17(24)14-6-5-7-15(10-14)26-3;/h5-7,10,13,16H,8-9,11-12H2,1-4H3,(H,20,22)(H,21,24);1H. The van der Waals surface area contributed by atoms with Crippen molar-refractivity contribution in [3.8, 4) is 5.75 Å². The zero-order valence-electron chi connectivity index (χ0n) is 16.7. The van der Waals surface area contributed by atoms with Crippen LogP contribution in [0.1, 0.15) is 17.3 Å². The Hall–Kier alpha value is -2.04. The van der Waals surface area contributed by atoms with Crippen LogP contribution in [0, 0.1) is 11.8 Å². The highest BCUT2D eigenvalue weighted by Crippen LogP contribution is 2.23. The van der Waals surface area contributed by atoms with E-state index in [1.165, 1.54) is 7.11 Å². The third kappa shape index (κ3) is 6.25. The number of hydrogen-bond donors (Lipinski definition) is 2. The van der Waals surface area contributed by atoms with Crippen LogP contribution in [-0.2, 0) is 9.53 Å². The molecule has 1 heterocycles. The van der Waals surface area contributed by atoms with E-state index in [0.29, 0.717) is 36.9 Å². The van der Waals surface area contributed by atoms with Crippen LogP contribution in [0.5, 0.6) is 5.75 Å². The topological polar surface area (TPSA) is 92.3 Å². The van der Waals surface area contributed by atoms with Gasteiger partial charge in [-0.3, -0.25) is 14.6 Å². The van der Waals surface area contributed by atoms with Crippen molar-refractivity contribution in [3.05, 3.63) is 29.8 Å². The minimum Gasteiger partial charge on any atom is -0.497 e. The SMILES string of the molecule is CN=C(NCCNC(=O)c1cccc(OC)c1)N1CC(C)C(C(=O)OC)C1.I. The maximum Gasteiger partial charge on any atom is 0.310 e. The third-order valence-electron chi connectivity index (χ3n) is 4.65. The second-order valence-corrected chi connectivity index (χ2v) is 6.47. The summed E-state index contributed by atoms with van der Waals surface area (Å²) in [6.45, 7) is 4.30. The number of guanidine groups is 1. The number of carbonyl (C=O) groups is 2. The van der Waals surface area contributed by atoms with Crippen molar-refractivity contribution in [2.75, 3.05) is 47.4 Å². The Morgan fingerprint density at radius 2 is 1.93 bits per heavy atom. The number of likely N-dealkylation sites (tertiary alicyclic amines) is 1. The van der Waals surface area contributed by atoms with Crippen LogP contribution in [0.2, 0.25) is 0 Å². The lowest BCUT2D eigenvalue weighted by atomic mass is 9.99. The van der Waals surface area contributed by atoms with Crippen molar-refractivity contribution in [2.24, 2.45) is 16.8 Å². The second-order valence-electron chi connectivity index (χ2n) is 6.47. The molecule has 1 aliphatic rings. The molecule has 1 fully saturated rings. The molecule has 156 valence electrons. The highest BCUT2D eigenvalue weighted by molar-refractivity contribution is 14.0. The fourth-order valence-electron chi connectivity index (χ4n) is 3.15. The Kier molecular flexibility index (Phi) is 10.0. The Morgan fingerprint density at radius 1 is 1.21 bits per heavy atom. The largest absolute Gasteiger partial charge is 0.497 e. The molecular formula is C19H29IN4O4. The zero-order chi connectivity index (χ0) is 19.8. The molecule has 0 aliphatic carbocycles. The monoisotopic (exact) mass is 504 g/mol. The molecule has 2 atom stereocenters. The number of halogens is 1. The van der Waals surface area contributed by atoms with Gasteiger partial charge in [-0.1, -0.05) is 13.0 Å². The number of esters is 1. The van der Waals surface area contributed by atoms with Gasteiger partial charge < -0.3 is 25.0 Å². The van der Waals surface area contributed by atoms with Crippen molar-refractivity contribution in [1.82, 2.24) is 15.5 Å². The van der Waals surface area contributed by atoms with E-state index in [4.69, 9.17) is 9.47 Å². The minimum atomic E-state index is -0.189. The minimum absolute atomic E-state index is 0. The first-order valence-corrected chi connectivity index (χ1v) is 8.95. The summed E-state index contributed by atoms with van der Waals surface area (Å²) in [6.07, 6.45) is 0. The molecule has 0 saturated carbocycles. The van der Waals surface area contributed by atoms with Crippen LogP contribution in [0.3, 0.4) is 0 Å². The highest BCUT2D eigenvalue weighted by atomic mass is 127. The molecule has 1 aliphatic heterocycles. The van der Waals surface area contributed by atoms with Gasteiger partial charge in [-0.25, -0.2) is 0 Å². The summed E-state index contributed by atoms with van der Waals surface area (Å²) < 4.78 is 10.00. The molecule has 0 bridgehead atoms. The molecule has 1 aromatic rings. The lowest BCUT2D eigenvalue weighted by Gasteiger charge is -2.21. The second kappa shape index (κ2) is 11.7. The van der Waals surface area contributed by atoms with Crippen LogP contribution >= 0.6 is 24.0 Å². The third-order valence-corrected chi connectivity index (χ3v) is 4.65. The lowest BCUT2D eigenvalue weighted by molar-refractivity contribution is -0.145. The molecule has 28 heavy (non-hydrogen) atoms. The molecule has 0 radical (unpaired) electrons. The predicted molar refractivity (Wildman–Crippen MR) is 118 cm³/mol. The quantitative estimate of drug-likeness (QED) is 0.200. The average molecular weight is 504 g/mol. The molecule has 1 amide bonds. The van der Waals surface area contributed by atoms with Gasteiger partial charge in [0.05, 0.1) is 20.1 Å². The first-order chi connectivity index (χ1) is 13.0. The number of carbonyl (C=O) groups excluding carboxylic acids is 2. The Bertz CT molecular complexity index is 698. The molecule has 9 heteroatoms. The number of rotatable bonds is 6. The van der Waals surface area contributed by atoms with Crippen LogP contribution in [-0.4, -0.2) is 70.2 Å². The van der Waals surface area contributed by atoms with Gasteiger partial charge in [-0.2, -0.15) is 0 Å². The van der Waals surface area contributed by atoms with Crippen molar-refractivity contribution in [2.45, 2.75) is 6.92 Å². The molecule has 1 saturated heterocycles. The molecule has 1 aromatic carbocycles. The van der Waals surface area contributed by atoms with Gasteiger partial charge in [0.25, 0.3) is 5.91 Å². The number of ether oxygens (including phenoxy) is 2. The molecule has 0 aromatic heterocycles. The maximum absolute atomic E-state index is 12.2. The first-order valence-electron chi connectivity index (χ1n) is 8.95. The summed E-state index contributed by atoms with van der Waals surface area (Å²) in [5, 5.41) is 6.08. The van der Waals surface area contributed by atoms with E-state index in [0.717, 1.165) is 6.54 Å². The molecule has 2 unspecified atom stereocenters. The Balaban J connectivity index is 0.00000392. The molecule has 8 nitrogen and oxygen atoms in total. The number of hydrogen-bond acceptors (Lipinski definition) is 5. The van der Waals surface area contributed by atoms with Crippen LogP contribution in [0.15, 0.2) is 29.3 Å². The number of benzene rings is 1. The van der Waals surface area contributed by atoms with E-state index in [1.54, 1.807) is 38.4 Å². The average Bonchev–Trinajstić information content (AvgIpc) is 3.08. The van der Waals surface area contributed by atoms with E-state index < -0.39 is 0 Å². The molecule has 2 rings (SSSR count). The smallest absolute Gasteiger partial charge is 0.310 e. The van der Waals surface area contributed by atoms with Crippen molar-refractivity contribution < 1.29 is 19.1 Å². The van der Waals surface area contributed by atoms with Crippen molar-refractivity contribution >= 4 is 41.8 Å². The van der Waals surface area contributed by atoms with Crippen LogP contribution in [0.4, 0.5) is 0 Å². The molecular weight excluding hydrogens is 475 g/mol. The van der Waals surface area contributed by atoms with E-state index in [2.05, 4.69) is 15.6 Å². The summed E-state index contributed by atoms with van der Waals surface area (Å²) >= 11 is 0. The van der Waals surface area contributed by atoms with Gasteiger partial charge in [0.15, 0.2) is 5.96 Å². The van der Waals surface area contributed by atoms with Gasteiger partial charge in [0, 0.05) is 38.8 Å². The van der Waals surface area contributed by atoms with Gasteiger partial charge in [-0.05, 0) is 24.1 Å². The van der Waals surface area contributed by atoms with E-state index in [-0.39, 0.29) is 47.7 Å². The first kappa shape index (κ1) is 24.0. The summed E-state index contributed by atoms with van der Waals surface area (Å²) in [4.78, 5) is 30.3. The zero-order valence-corrected chi connectivity index (χ0v) is 19.1. The number of methoxy groups -OCH3 is 2. The van der Waals surface area contributed by atoms with Crippen molar-refractivity contribution in [3.63, 3.8) is 0 Å². The van der Waals surface area contributed by atoms with Crippen LogP contribution < -0.4 is 15.4 Å². The van der Waals surface area contributed by atoms with Crippen LogP contribution in [0.25, 0.3) is 0 Å². The van der Waals surface area contributed by atoms with E-state index in [9.17, 15) is 9.59 Å². The van der Waals surface area contributed by atoms with Crippen molar-refractivity contribution in [1.29, 1.82) is 0 Å². The van der Waals surface area contributed by atoms with E-state index >= 15 is 0 Å². The summed E-state index contributed by atoms with van der Waals surface area (Å²) in [7, 11) is 4.68.